The number of halogens is 1. The van der Waals surface area contributed by atoms with Crippen LogP contribution in [0.2, 0.25) is 5.82 Å². The summed E-state index contributed by atoms with van der Waals surface area (Å²) in [4.78, 5) is 10.2. The molecule has 10 heavy (non-hydrogen) atoms. The molecular weight excluding hydrogens is 241 g/mol. The van der Waals surface area contributed by atoms with Crippen molar-refractivity contribution in [1.82, 2.24) is 4.33 Å². The van der Waals surface area contributed by atoms with Gasteiger partial charge in [0.1, 0.15) is 0 Å². The van der Waals surface area contributed by atoms with Crippen molar-refractivity contribution in [3.05, 3.63) is 0 Å². The van der Waals surface area contributed by atoms with Gasteiger partial charge in [-0.3, -0.25) is 0 Å². The van der Waals surface area contributed by atoms with E-state index in [1.165, 1.54) is 0 Å². The predicted molar refractivity (Wildman–Crippen MR) is 47.3 cm³/mol. The van der Waals surface area contributed by atoms with Gasteiger partial charge in [0.2, 0.25) is 0 Å². The first-order valence-electron chi connectivity index (χ1n) is 2.34. The largest absolute Gasteiger partial charge is 0.147 e. The summed E-state index contributed by atoms with van der Waals surface area (Å²) in [5.41, 5.74) is 0. The van der Waals surface area contributed by atoms with Crippen molar-refractivity contribution in [1.29, 1.82) is 0 Å². The van der Waals surface area contributed by atoms with Crippen molar-refractivity contribution >= 4 is 46.2 Å². The topological polar surface area (TPSA) is 49.3 Å². The summed E-state index contributed by atoms with van der Waals surface area (Å²) in [6, 6.07) is -0.474. The van der Waals surface area contributed by atoms with Crippen LogP contribution < -0.4 is 4.33 Å². The molecule has 0 saturated heterocycles. The van der Waals surface area contributed by atoms with Crippen LogP contribution in [0.5, 0.6) is 0 Å². The summed E-state index contributed by atoms with van der Waals surface area (Å²) in [5.74, 6) is 1.45. The Morgan fingerprint density at radius 2 is 2.40 bits per heavy atom. The Labute approximate surface area is 78.1 Å². The first-order valence-corrected chi connectivity index (χ1v) is 5.54. The number of hydrogen-bond donors (Lipinski definition) is 3. The average Bonchev–Trinajstić information content (AvgIpc) is 1.82. The van der Waals surface area contributed by atoms with E-state index in [2.05, 4.69) is 17.0 Å². The molecular formula is C4H10ClNO2SSe. The van der Waals surface area contributed by atoms with Crippen molar-refractivity contribution < 1.29 is 9.90 Å². The maximum Gasteiger partial charge on any atom is -0.147 e. The van der Waals surface area contributed by atoms with E-state index in [4.69, 9.17) is 5.11 Å². The van der Waals surface area contributed by atoms with E-state index >= 15 is 0 Å². The fourth-order valence-electron chi connectivity index (χ4n) is 0.308. The van der Waals surface area contributed by atoms with Crippen LogP contribution >= 0.6 is 25.0 Å². The molecule has 0 rings (SSSR count). The molecule has 0 heterocycles. The first-order chi connectivity index (χ1) is 4.22. The Bertz CT molecular complexity index is 105. The second kappa shape index (κ2) is 7.69. The molecule has 0 unspecified atom stereocenters. The SMILES string of the molecule is C[Se]N[C@@H](CS)C(=O)O.Cl. The minimum Gasteiger partial charge on any atom is -0.147 e. The Balaban J connectivity index is 0. The smallest absolute Gasteiger partial charge is 0.147 e. The van der Waals surface area contributed by atoms with Gasteiger partial charge in [-0.25, -0.2) is 0 Å². The van der Waals surface area contributed by atoms with Gasteiger partial charge in [-0.05, 0) is 0 Å². The number of hydrogen-bond acceptors (Lipinski definition) is 3. The molecule has 0 radical (unpaired) electrons. The van der Waals surface area contributed by atoms with E-state index in [0.717, 1.165) is 0 Å². The van der Waals surface area contributed by atoms with Crippen LogP contribution in [0.4, 0.5) is 0 Å². The minimum absolute atomic E-state index is 0. The van der Waals surface area contributed by atoms with Crippen LogP contribution in [-0.2, 0) is 4.79 Å². The predicted octanol–water partition coefficient (Wildman–Crippen LogP) is 0.0481. The van der Waals surface area contributed by atoms with Gasteiger partial charge < -0.3 is 0 Å². The molecule has 0 aliphatic rings. The molecule has 0 aromatic carbocycles. The van der Waals surface area contributed by atoms with Crippen molar-refractivity contribution in [2.45, 2.75) is 11.9 Å². The maximum absolute atomic E-state index is 10.2. The molecule has 6 heteroatoms. The summed E-state index contributed by atoms with van der Waals surface area (Å²) >= 11 is 4.06. The fraction of sp³-hybridized carbons (Fsp3) is 0.750. The molecule has 0 aromatic heterocycles. The number of carboxylic acids is 1. The third-order valence-corrected chi connectivity index (χ3v) is 2.20. The summed E-state index contributed by atoms with van der Waals surface area (Å²) < 4.78 is 2.82. The van der Waals surface area contributed by atoms with Crippen molar-refractivity contribution in [2.75, 3.05) is 5.75 Å². The fourth-order valence-corrected chi connectivity index (χ4v) is 1.82. The molecule has 62 valence electrons. The Kier molecular flexibility index (Phi) is 10.2. The van der Waals surface area contributed by atoms with Crippen LogP contribution in [0, 0.1) is 0 Å². The standard InChI is InChI=1S/C4H9NO2SSe.ClH/c1-9-5-3(2-8)4(6)7;/h3,5,8H,2H2,1H3,(H,6,7);1H/t3-;/m0./s1. The van der Waals surface area contributed by atoms with E-state index in [1.807, 2.05) is 5.82 Å². The maximum atomic E-state index is 10.2. The molecule has 0 amide bonds. The second-order valence-electron chi connectivity index (χ2n) is 1.40. The second-order valence-corrected chi connectivity index (χ2v) is 3.11. The van der Waals surface area contributed by atoms with Gasteiger partial charge in [0, 0.05) is 0 Å². The van der Waals surface area contributed by atoms with Crippen LogP contribution in [-0.4, -0.2) is 38.0 Å². The van der Waals surface area contributed by atoms with Crippen LogP contribution in [0.15, 0.2) is 0 Å². The molecule has 2 N–H and O–H groups in total. The van der Waals surface area contributed by atoms with Crippen LogP contribution in [0.25, 0.3) is 0 Å². The molecule has 0 aromatic rings. The number of nitrogens with one attached hydrogen (secondary N) is 1. The number of rotatable bonds is 4. The van der Waals surface area contributed by atoms with Gasteiger partial charge >= 0.3 is 65.6 Å². The van der Waals surface area contributed by atoms with Gasteiger partial charge in [-0.15, -0.1) is 12.4 Å². The average molecular weight is 251 g/mol. The number of aliphatic carboxylic acids is 1. The van der Waals surface area contributed by atoms with E-state index in [0.29, 0.717) is 5.75 Å². The van der Waals surface area contributed by atoms with Crippen molar-refractivity contribution in [3.8, 4) is 0 Å². The van der Waals surface area contributed by atoms with Gasteiger partial charge in [0.05, 0.1) is 0 Å². The molecule has 0 fully saturated rings. The molecule has 0 bridgehead atoms. The Morgan fingerprint density at radius 3 is 2.50 bits per heavy atom. The summed E-state index contributed by atoms with van der Waals surface area (Å²) in [7, 11) is 0. The van der Waals surface area contributed by atoms with Gasteiger partial charge in [-0.1, -0.05) is 0 Å². The number of thiol groups is 1. The molecule has 0 spiro atoms. The monoisotopic (exact) mass is 251 g/mol. The van der Waals surface area contributed by atoms with E-state index in [1.54, 1.807) is 0 Å². The molecule has 0 saturated carbocycles. The third kappa shape index (κ3) is 5.38. The first kappa shape index (κ1) is 13.2. The van der Waals surface area contributed by atoms with Gasteiger partial charge in [0.25, 0.3) is 0 Å². The molecule has 1 atom stereocenters. The quantitative estimate of drug-likeness (QED) is 0.488. The Hall–Kier alpha value is 0.589. The van der Waals surface area contributed by atoms with Crippen LogP contribution in [0.1, 0.15) is 0 Å². The zero-order valence-corrected chi connectivity index (χ0v) is 8.83. The number of carbonyl (C=O) groups is 1. The summed E-state index contributed by atoms with van der Waals surface area (Å²) in [6.45, 7) is 0. The zero-order valence-electron chi connectivity index (χ0n) is 5.40. The van der Waals surface area contributed by atoms with E-state index in [-0.39, 0.29) is 27.6 Å². The third-order valence-electron chi connectivity index (χ3n) is 0.741. The van der Waals surface area contributed by atoms with E-state index in [9.17, 15) is 4.79 Å². The van der Waals surface area contributed by atoms with Gasteiger partial charge in [0.15, 0.2) is 0 Å². The van der Waals surface area contributed by atoms with E-state index < -0.39 is 12.0 Å². The van der Waals surface area contributed by atoms with Crippen molar-refractivity contribution in [3.63, 3.8) is 0 Å². The van der Waals surface area contributed by atoms with Gasteiger partial charge in [-0.2, -0.15) is 0 Å². The summed E-state index contributed by atoms with van der Waals surface area (Å²) in [6.07, 6.45) is 0. The normalized spacial score (nSPS) is 11.8. The Morgan fingerprint density at radius 1 is 1.90 bits per heavy atom. The minimum atomic E-state index is -0.825. The number of carboxylic acid groups (broad SMARTS) is 1. The molecule has 0 aliphatic carbocycles. The summed E-state index contributed by atoms with van der Waals surface area (Å²) in [5, 5.41) is 8.40. The molecule has 3 nitrogen and oxygen atoms in total. The molecule has 0 aliphatic heterocycles. The zero-order chi connectivity index (χ0) is 7.28. The van der Waals surface area contributed by atoms with Crippen molar-refractivity contribution in [2.24, 2.45) is 0 Å². The van der Waals surface area contributed by atoms with Crippen LogP contribution in [0.3, 0.4) is 0 Å².